The van der Waals surface area contributed by atoms with Crippen LogP contribution in [0.2, 0.25) is 0 Å². The first kappa shape index (κ1) is 15.3. The van der Waals surface area contributed by atoms with Crippen molar-refractivity contribution in [1.29, 1.82) is 5.41 Å². The van der Waals surface area contributed by atoms with Gasteiger partial charge in [-0.2, -0.15) is 11.8 Å². The molecule has 4 heteroatoms. The summed E-state index contributed by atoms with van der Waals surface area (Å²) < 4.78 is 0. The van der Waals surface area contributed by atoms with Crippen LogP contribution >= 0.6 is 11.8 Å². The number of Topliss-reactive ketones (excluding diaryl/α,β-unsaturated/α-hetero) is 1. The van der Waals surface area contributed by atoms with Gasteiger partial charge in [-0.05, 0) is 24.5 Å². The Hall–Kier alpha value is -0.770. The maximum absolute atomic E-state index is 12.0. The average Bonchev–Trinajstić information content (AvgIpc) is 2.27. The minimum Gasteiger partial charge on any atom is -0.511 e. The van der Waals surface area contributed by atoms with Crippen LogP contribution in [-0.2, 0) is 4.79 Å². The predicted octanol–water partition coefficient (Wildman–Crippen LogP) is 3.74. The summed E-state index contributed by atoms with van der Waals surface area (Å²) in [7, 11) is 0. The molecule has 1 rings (SSSR count). The van der Waals surface area contributed by atoms with Gasteiger partial charge in [0, 0.05) is 23.8 Å². The molecule has 0 aromatic heterocycles. The molecule has 102 valence electrons. The van der Waals surface area contributed by atoms with Gasteiger partial charge in [-0.1, -0.05) is 20.8 Å². The number of hydrogen-bond donors (Lipinski definition) is 2. The molecular formula is C14H23NO2S. The second-order valence-corrected chi connectivity index (χ2v) is 6.57. The number of allylic oxidation sites excluding steroid dienone is 2. The van der Waals surface area contributed by atoms with Crippen molar-refractivity contribution in [3.05, 3.63) is 11.3 Å². The third-order valence-corrected chi connectivity index (χ3v) is 4.39. The molecule has 0 aromatic carbocycles. The monoisotopic (exact) mass is 269 g/mol. The Bertz CT molecular complexity index is 363. The highest BCUT2D eigenvalue weighted by molar-refractivity contribution is 7.99. The minimum absolute atomic E-state index is 0.0516. The maximum Gasteiger partial charge on any atom is 0.168 e. The molecular weight excluding hydrogens is 246 g/mol. The number of aliphatic hydroxyl groups excluding tert-OH is 1. The fourth-order valence-electron chi connectivity index (χ4n) is 2.48. The van der Waals surface area contributed by atoms with Crippen LogP contribution in [0.4, 0.5) is 0 Å². The third kappa shape index (κ3) is 3.87. The molecule has 0 spiro atoms. The van der Waals surface area contributed by atoms with Gasteiger partial charge in [0.1, 0.15) is 5.76 Å². The minimum atomic E-state index is -0.0516. The molecule has 0 amide bonds. The summed E-state index contributed by atoms with van der Waals surface area (Å²) in [5.74, 6) is 1.40. The first-order valence-corrected chi connectivity index (χ1v) is 7.69. The highest BCUT2D eigenvalue weighted by Crippen LogP contribution is 2.32. The Balaban J connectivity index is 2.70. The highest BCUT2D eigenvalue weighted by Gasteiger charge is 2.30. The molecule has 0 aromatic rings. The molecule has 0 saturated heterocycles. The number of hydrogen-bond acceptors (Lipinski definition) is 4. The number of aliphatic hydroxyl groups is 1. The Morgan fingerprint density at radius 2 is 2.17 bits per heavy atom. The second kappa shape index (κ2) is 6.98. The average molecular weight is 269 g/mol. The maximum atomic E-state index is 12.0. The lowest BCUT2D eigenvalue weighted by Crippen LogP contribution is -2.25. The van der Waals surface area contributed by atoms with E-state index in [1.165, 1.54) is 0 Å². The largest absolute Gasteiger partial charge is 0.511 e. The van der Waals surface area contributed by atoms with E-state index >= 15 is 0 Å². The summed E-state index contributed by atoms with van der Waals surface area (Å²) in [6.45, 7) is 6.14. The molecule has 1 aliphatic rings. The molecule has 0 saturated carbocycles. The van der Waals surface area contributed by atoms with Crippen LogP contribution < -0.4 is 0 Å². The van der Waals surface area contributed by atoms with Crippen LogP contribution in [-0.4, -0.2) is 27.6 Å². The van der Waals surface area contributed by atoms with Crippen molar-refractivity contribution in [2.45, 2.75) is 51.7 Å². The summed E-state index contributed by atoms with van der Waals surface area (Å²) >= 11 is 1.89. The summed E-state index contributed by atoms with van der Waals surface area (Å²) in [6, 6.07) is 0. The first-order chi connectivity index (χ1) is 8.49. The van der Waals surface area contributed by atoms with Crippen LogP contribution in [0.3, 0.4) is 0 Å². The number of thioether (sulfide) groups is 1. The van der Waals surface area contributed by atoms with Crippen molar-refractivity contribution in [2.24, 2.45) is 5.92 Å². The molecule has 18 heavy (non-hydrogen) atoms. The molecule has 0 fully saturated rings. The van der Waals surface area contributed by atoms with Crippen molar-refractivity contribution < 1.29 is 9.90 Å². The van der Waals surface area contributed by atoms with Gasteiger partial charge in [0.2, 0.25) is 0 Å². The molecule has 2 atom stereocenters. The van der Waals surface area contributed by atoms with E-state index in [0.29, 0.717) is 24.5 Å². The van der Waals surface area contributed by atoms with E-state index in [9.17, 15) is 9.90 Å². The Morgan fingerprint density at radius 1 is 1.50 bits per heavy atom. The normalized spacial score (nSPS) is 22.2. The zero-order chi connectivity index (χ0) is 13.7. The third-order valence-electron chi connectivity index (χ3n) is 3.30. The van der Waals surface area contributed by atoms with Crippen molar-refractivity contribution in [1.82, 2.24) is 0 Å². The number of ketones is 1. The van der Waals surface area contributed by atoms with E-state index in [-0.39, 0.29) is 28.7 Å². The van der Waals surface area contributed by atoms with Crippen molar-refractivity contribution in [3.8, 4) is 0 Å². The summed E-state index contributed by atoms with van der Waals surface area (Å²) in [6.07, 6.45) is 2.49. The summed E-state index contributed by atoms with van der Waals surface area (Å²) in [4.78, 5) is 12.0. The van der Waals surface area contributed by atoms with Gasteiger partial charge in [0.25, 0.3) is 0 Å². The highest BCUT2D eigenvalue weighted by atomic mass is 32.2. The number of carbonyl (C=O) groups excluding carboxylic acids is 1. The quantitative estimate of drug-likeness (QED) is 0.722. The number of carbonyl (C=O) groups is 1. The molecule has 3 nitrogen and oxygen atoms in total. The molecule has 2 unspecified atom stereocenters. The fourth-order valence-corrected chi connectivity index (χ4v) is 3.46. The lowest BCUT2D eigenvalue weighted by Gasteiger charge is -2.25. The van der Waals surface area contributed by atoms with Gasteiger partial charge in [-0.15, -0.1) is 0 Å². The van der Waals surface area contributed by atoms with E-state index in [4.69, 9.17) is 5.41 Å². The lowest BCUT2D eigenvalue weighted by molar-refractivity contribution is -0.116. The molecule has 1 aliphatic carbocycles. The fraction of sp³-hybridized carbons (Fsp3) is 0.714. The van der Waals surface area contributed by atoms with E-state index < -0.39 is 0 Å². The molecule has 0 heterocycles. The van der Waals surface area contributed by atoms with Gasteiger partial charge in [-0.25, -0.2) is 0 Å². The van der Waals surface area contributed by atoms with Gasteiger partial charge >= 0.3 is 0 Å². The molecule has 0 bridgehead atoms. The first-order valence-electron chi connectivity index (χ1n) is 6.64. The SMILES string of the molecule is CCSC(C)CC1CC(=O)C(C(=N)CC)=C(O)C1. The zero-order valence-electron chi connectivity index (χ0n) is 11.5. The van der Waals surface area contributed by atoms with E-state index in [0.717, 1.165) is 12.2 Å². The van der Waals surface area contributed by atoms with E-state index in [2.05, 4.69) is 13.8 Å². The van der Waals surface area contributed by atoms with Crippen LogP contribution in [0.1, 0.15) is 46.5 Å². The molecule has 0 radical (unpaired) electrons. The second-order valence-electron chi connectivity index (χ2n) is 4.85. The Morgan fingerprint density at radius 3 is 2.67 bits per heavy atom. The summed E-state index contributed by atoms with van der Waals surface area (Å²) in [5, 5.41) is 18.2. The van der Waals surface area contributed by atoms with Crippen LogP contribution in [0.5, 0.6) is 0 Å². The van der Waals surface area contributed by atoms with Crippen LogP contribution in [0.15, 0.2) is 11.3 Å². The topological polar surface area (TPSA) is 61.2 Å². The van der Waals surface area contributed by atoms with Gasteiger partial charge in [0.05, 0.1) is 5.57 Å². The number of nitrogens with one attached hydrogen (secondary N) is 1. The van der Waals surface area contributed by atoms with Crippen molar-refractivity contribution in [2.75, 3.05) is 5.75 Å². The van der Waals surface area contributed by atoms with E-state index in [1.807, 2.05) is 18.7 Å². The van der Waals surface area contributed by atoms with Gasteiger partial charge < -0.3 is 10.5 Å². The number of rotatable bonds is 6. The molecule has 2 N–H and O–H groups in total. The van der Waals surface area contributed by atoms with E-state index in [1.54, 1.807) is 0 Å². The van der Waals surface area contributed by atoms with Crippen LogP contribution in [0, 0.1) is 11.3 Å². The van der Waals surface area contributed by atoms with Crippen LogP contribution in [0.25, 0.3) is 0 Å². The van der Waals surface area contributed by atoms with Crippen molar-refractivity contribution in [3.63, 3.8) is 0 Å². The Kier molecular flexibility index (Phi) is 5.93. The lowest BCUT2D eigenvalue weighted by atomic mass is 9.82. The zero-order valence-corrected chi connectivity index (χ0v) is 12.3. The predicted molar refractivity (Wildman–Crippen MR) is 77.6 cm³/mol. The van der Waals surface area contributed by atoms with Crippen molar-refractivity contribution >= 4 is 23.3 Å². The standard InChI is InChI=1S/C14H23NO2S/c1-4-11(15)14-12(16)7-10(8-13(14)17)6-9(3)18-5-2/h9-10,15-16H,4-8H2,1-3H3. The smallest absolute Gasteiger partial charge is 0.168 e. The summed E-state index contributed by atoms with van der Waals surface area (Å²) in [5.41, 5.74) is 0.552. The Labute approximate surface area is 114 Å². The van der Waals surface area contributed by atoms with Gasteiger partial charge in [-0.3, -0.25) is 4.79 Å². The van der Waals surface area contributed by atoms with Gasteiger partial charge in [0.15, 0.2) is 5.78 Å². The molecule has 0 aliphatic heterocycles.